The van der Waals surface area contributed by atoms with Gasteiger partial charge in [-0.25, -0.2) is 4.98 Å². The van der Waals surface area contributed by atoms with Crippen LogP contribution in [-0.4, -0.2) is 9.55 Å². The van der Waals surface area contributed by atoms with Crippen LogP contribution >= 0.6 is 0 Å². The molecule has 1 heterocycles. The molecule has 0 saturated heterocycles. The van der Waals surface area contributed by atoms with Gasteiger partial charge < -0.3 is 10.3 Å². The quantitative estimate of drug-likeness (QED) is 0.695. The van der Waals surface area contributed by atoms with E-state index in [1.165, 1.54) is 5.56 Å². The lowest BCUT2D eigenvalue weighted by molar-refractivity contribution is 0.964. The third kappa shape index (κ3) is 1.71. The number of hydrogen-bond donors (Lipinski definition) is 1. The predicted molar refractivity (Wildman–Crippen MR) is 61.2 cm³/mol. The van der Waals surface area contributed by atoms with Gasteiger partial charge in [-0.1, -0.05) is 19.9 Å². The molecule has 0 amide bonds. The van der Waals surface area contributed by atoms with Crippen molar-refractivity contribution in [3.63, 3.8) is 0 Å². The first kappa shape index (κ1) is 10.6. The molecule has 76 valence electrons. The van der Waals surface area contributed by atoms with Crippen molar-refractivity contribution in [2.45, 2.75) is 20.8 Å². The minimum absolute atomic E-state index is 0.565. The molecule has 0 fully saturated rings. The second kappa shape index (κ2) is 4.13. The van der Waals surface area contributed by atoms with Gasteiger partial charge in [-0.05, 0) is 24.6 Å². The third-order valence-corrected chi connectivity index (χ3v) is 2.07. The van der Waals surface area contributed by atoms with E-state index in [0.717, 1.165) is 11.0 Å². The average Bonchev–Trinajstić information content (AvgIpc) is 2.48. The van der Waals surface area contributed by atoms with Gasteiger partial charge in [0.2, 0.25) is 5.95 Å². The number of anilines is 1. The van der Waals surface area contributed by atoms with Crippen LogP contribution in [0.2, 0.25) is 0 Å². The smallest absolute Gasteiger partial charge is 0.200 e. The number of benzene rings is 1. The molecule has 3 nitrogen and oxygen atoms in total. The first-order valence-corrected chi connectivity index (χ1v) is 4.87. The van der Waals surface area contributed by atoms with Gasteiger partial charge in [0.15, 0.2) is 0 Å². The number of nitrogens with zero attached hydrogens (tertiary/aromatic N) is 2. The van der Waals surface area contributed by atoms with Crippen molar-refractivity contribution in [1.82, 2.24) is 9.55 Å². The van der Waals surface area contributed by atoms with E-state index < -0.39 is 0 Å². The zero-order valence-corrected chi connectivity index (χ0v) is 9.20. The van der Waals surface area contributed by atoms with E-state index in [1.54, 1.807) is 0 Å². The first-order valence-electron chi connectivity index (χ1n) is 4.87. The standard InChI is InChI=1S/C9H11N3.C2H6/c1-6-3-4-7-8(5-6)12(2)9(10)11-7;1-2/h3-5H,1-2H3,(H2,10,11);1-2H3. The van der Waals surface area contributed by atoms with Gasteiger partial charge in [0.25, 0.3) is 0 Å². The SMILES string of the molecule is CC.Cc1ccc2nc(N)n(C)c2c1. The zero-order valence-electron chi connectivity index (χ0n) is 9.20. The van der Waals surface area contributed by atoms with Gasteiger partial charge >= 0.3 is 0 Å². The van der Waals surface area contributed by atoms with Crippen molar-refractivity contribution >= 4 is 17.0 Å². The molecular weight excluding hydrogens is 174 g/mol. The number of fused-ring (bicyclic) bond motifs is 1. The fourth-order valence-corrected chi connectivity index (χ4v) is 1.32. The lowest BCUT2D eigenvalue weighted by atomic mass is 10.2. The molecule has 0 spiro atoms. The molecule has 0 bridgehead atoms. The number of aromatic nitrogens is 2. The van der Waals surface area contributed by atoms with Crippen molar-refractivity contribution in [1.29, 1.82) is 0 Å². The van der Waals surface area contributed by atoms with Crippen molar-refractivity contribution < 1.29 is 0 Å². The second-order valence-corrected chi connectivity index (χ2v) is 3.02. The molecule has 0 saturated carbocycles. The molecule has 2 rings (SSSR count). The van der Waals surface area contributed by atoms with Crippen LogP contribution in [-0.2, 0) is 7.05 Å². The Morgan fingerprint density at radius 3 is 2.57 bits per heavy atom. The molecule has 0 unspecified atom stereocenters. The molecule has 1 aromatic heterocycles. The van der Waals surface area contributed by atoms with Crippen molar-refractivity contribution in [3.8, 4) is 0 Å². The summed E-state index contributed by atoms with van der Waals surface area (Å²) < 4.78 is 1.89. The summed E-state index contributed by atoms with van der Waals surface area (Å²) in [6.07, 6.45) is 0. The van der Waals surface area contributed by atoms with Crippen LogP contribution in [0, 0.1) is 6.92 Å². The van der Waals surface area contributed by atoms with Crippen LogP contribution in [0.3, 0.4) is 0 Å². The fraction of sp³-hybridized carbons (Fsp3) is 0.364. The van der Waals surface area contributed by atoms with Gasteiger partial charge in [0, 0.05) is 7.05 Å². The lowest BCUT2D eigenvalue weighted by Gasteiger charge is -1.96. The maximum absolute atomic E-state index is 5.65. The molecule has 0 aliphatic heterocycles. The van der Waals surface area contributed by atoms with Crippen LogP contribution in [0.25, 0.3) is 11.0 Å². The number of nitrogens with two attached hydrogens (primary N) is 1. The zero-order chi connectivity index (χ0) is 10.7. The third-order valence-electron chi connectivity index (χ3n) is 2.07. The Bertz CT molecular complexity index is 429. The highest BCUT2D eigenvalue weighted by molar-refractivity contribution is 5.78. The Morgan fingerprint density at radius 1 is 1.29 bits per heavy atom. The molecule has 3 heteroatoms. The van der Waals surface area contributed by atoms with E-state index in [0.29, 0.717) is 5.95 Å². The average molecular weight is 191 g/mol. The summed E-state index contributed by atoms with van der Waals surface area (Å²) in [4.78, 5) is 4.19. The minimum Gasteiger partial charge on any atom is -0.369 e. The van der Waals surface area contributed by atoms with Crippen LogP contribution in [0.5, 0.6) is 0 Å². The summed E-state index contributed by atoms with van der Waals surface area (Å²) in [6, 6.07) is 6.11. The molecule has 0 aliphatic carbocycles. The van der Waals surface area contributed by atoms with Gasteiger partial charge in [0.05, 0.1) is 11.0 Å². The van der Waals surface area contributed by atoms with Gasteiger partial charge in [-0.2, -0.15) is 0 Å². The fourth-order valence-electron chi connectivity index (χ4n) is 1.32. The van der Waals surface area contributed by atoms with Crippen molar-refractivity contribution in [3.05, 3.63) is 23.8 Å². The van der Waals surface area contributed by atoms with Gasteiger partial charge in [0.1, 0.15) is 0 Å². The Labute approximate surface area is 84.6 Å². The molecule has 0 radical (unpaired) electrons. The lowest BCUT2D eigenvalue weighted by Crippen LogP contribution is -1.96. The molecule has 14 heavy (non-hydrogen) atoms. The van der Waals surface area contributed by atoms with Crippen LogP contribution in [0.4, 0.5) is 5.95 Å². The molecule has 0 atom stereocenters. The number of aryl methyl sites for hydroxylation is 2. The Kier molecular flexibility index (Phi) is 3.12. The van der Waals surface area contributed by atoms with Crippen molar-refractivity contribution in [2.75, 3.05) is 5.73 Å². The topological polar surface area (TPSA) is 43.8 Å². The van der Waals surface area contributed by atoms with E-state index in [9.17, 15) is 0 Å². The highest BCUT2D eigenvalue weighted by Crippen LogP contribution is 2.16. The highest BCUT2D eigenvalue weighted by atomic mass is 15.1. The molecule has 2 N–H and O–H groups in total. The summed E-state index contributed by atoms with van der Waals surface area (Å²) in [5, 5.41) is 0. The number of rotatable bonds is 0. The number of imidazole rings is 1. The van der Waals surface area contributed by atoms with Crippen LogP contribution < -0.4 is 5.73 Å². The highest BCUT2D eigenvalue weighted by Gasteiger charge is 2.02. The maximum Gasteiger partial charge on any atom is 0.200 e. The predicted octanol–water partition coefficient (Wildman–Crippen LogP) is 2.49. The van der Waals surface area contributed by atoms with E-state index in [2.05, 4.69) is 18.0 Å². The minimum atomic E-state index is 0.565. The monoisotopic (exact) mass is 191 g/mol. The van der Waals surface area contributed by atoms with Crippen LogP contribution in [0.1, 0.15) is 19.4 Å². The molecule has 0 aliphatic rings. The van der Waals surface area contributed by atoms with Crippen molar-refractivity contribution in [2.24, 2.45) is 7.05 Å². The maximum atomic E-state index is 5.65. The first-order chi connectivity index (χ1) is 6.68. The Morgan fingerprint density at radius 2 is 1.93 bits per heavy atom. The number of hydrogen-bond acceptors (Lipinski definition) is 2. The van der Waals surface area contributed by atoms with Gasteiger partial charge in [-0.15, -0.1) is 0 Å². The summed E-state index contributed by atoms with van der Waals surface area (Å²) in [5.41, 5.74) is 8.93. The van der Waals surface area contributed by atoms with E-state index in [4.69, 9.17) is 5.73 Å². The summed E-state index contributed by atoms with van der Waals surface area (Å²) in [5.74, 6) is 0.565. The molecular formula is C11H17N3. The normalized spacial score (nSPS) is 9.71. The van der Waals surface area contributed by atoms with Crippen LogP contribution in [0.15, 0.2) is 18.2 Å². The summed E-state index contributed by atoms with van der Waals surface area (Å²) in [7, 11) is 1.92. The Balaban J connectivity index is 0.000000461. The van der Waals surface area contributed by atoms with E-state index >= 15 is 0 Å². The molecule has 1 aromatic carbocycles. The summed E-state index contributed by atoms with van der Waals surface area (Å²) >= 11 is 0. The molecule has 2 aromatic rings. The summed E-state index contributed by atoms with van der Waals surface area (Å²) in [6.45, 7) is 6.06. The largest absolute Gasteiger partial charge is 0.369 e. The van der Waals surface area contributed by atoms with E-state index in [-0.39, 0.29) is 0 Å². The number of nitrogen functional groups attached to an aromatic ring is 1. The second-order valence-electron chi connectivity index (χ2n) is 3.02. The van der Waals surface area contributed by atoms with E-state index in [1.807, 2.05) is 37.6 Å². The Hall–Kier alpha value is -1.51. The van der Waals surface area contributed by atoms with Gasteiger partial charge in [-0.3, -0.25) is 0 Å².